The Bertz CT molecular complexity index is 626. The first-order valence-electron chi connectivity index (χ1n) is 7.57. The molecule has 0 aliphatic carbocycles. The van der Waals surface area contributed by atoms with Crippen molar-refractivity contribution in [1.82, 2.24) is 5.01 Å². The Labute approximate surface area is 136 Å². The van der Waals surface area contributed by atoms with Crippen LogP contribution in [0.25, 0.3) is 0 Å². The van der Waals surface area contributed by atoms with Gasteiger partial charge in [-0.1, -0.05) is 41.4 Å². The normalized spacial score (nSPS) is 15.5. The first-order valence-corrected chi connectivity index (χ1v) is 7.95. The summed E-state index contributed by atoms with van der Waals surface area (Å²) in [6, 6.07) is 16.5. The second-order valence-electron chi connectivity index (χ2n) is 5.57. The molecule has 0 unspecified atom stereocenters. The molecule has 2 aromatic rings. The van der Waals surface area contributed by atoms with Gasteiger partial charge in [0.1, 0.15) is 0 Å². The Morgan fingerprint density at radius 2 is 1.55 bits per heavy atom. The molecular weight excluding hydrogens is 294 g/mol. The van der Waals surface area contributed by atoms with E-state index < -0.39 is 0 Å². The Hall–Kier alpha value is -2.00. The minimum absolute atomic E-state index is 0.782. The fraction of sp³-hybridized carbons (Fsp3) is 0.278. The minimum Gasteiger partial charge on any atom is -0.368 e. The van der Waals surface area contributed by atoms with Crippen LogP contribution in [0.1, 0.15) is 11.1 Å². The highest BCUT2D eigenvalue weighted by Crippen LogP contribution is 2.19. The Balaban J connectivity index is 1.55. The lowest BCUT2D eigenvalue weighted by molar-refractivity contribution is 0.272. The molecule has 3 rings (SSSR count). The van der Waals surface area contributed by atoms with Crippen molar-refractivity contribution >= 4 is 23.5 Å². The zero-order valence-corrected chi connectivity index (χ0v) is 13.5. The standard InChI is InChI=1S/C18H20ClN3/c1-15-2-4-16(5-3-15)14-20-22-12-10-21(11-13-22)18-8-6-17(19)7-9-18/h2-9,14H,10-13H2,1H3/b20-14-. The lowest BCUT2D eigenvalue weighted by Gasteiger charge is -2.34. The van der Waals surface area contributed by atoms with E-state index in [2.05, 4.69) is 58.3 Å². The summed E-state index contributed by atoms with van der Waals surface area (Å²) in [7, 11) is 0. The van der Waals surface area contributed by atoms with Gasteiger partial charge >= 0.3 is 0 Å². The van der Waals surface area contributed by atoms with E-state index in [-0.39, 0.29) is 0 Å². The summed E-state index contributed by atoms with van der Waals surface area (Å²) in [4.78, 5) is 2.37. The molecule has 0 atom stereocenters. The number of benzene rings is 2. The van der Waals surface area contributed by atoms with Gasteiger partial charge < -0.3 is 4.90 Å². The summed E-state index contributed by atoms with van der Waals surface area (Å²) in [5.74, 6) is 0. The van der Waals surface area contributed by atoms with Crippen molar-refractivity contribution in [2.75, 3.05) is 31.1 Å². The van der Waals surface area contributed by atoms with Crippen LogP contribution in [0.15, 0.2) is 53.6 Å². The number of rotatable bonds is 3. The third-order valence-electron chi connectivity index (χ3n) is 3.90. The SMILES string of the molecule is Cc1ccc(/C=N\N2CCN(c3ccc(Cl)cc3)CC2)cc1. The van der Waals surface area contributed by atoms with Crippen LogP contribution in [0.3, 0.4) is 0 Å². The van der Waals surface area contributed by atoms with Crippen molar-refractivity contribution in [1.29, 1.82) is 0 Å². The lowest BCUT2D eigenvalue weighted by atomic mass is 10.2. The first-order chi connectivity index (χ1) is 10.7. The van der Waals surface area contributed by atoms with Crippen LogP contribution < -0.4 is 4.90 Å². The molecule has 0 radical (unpaired) electrons. The number of halogens is 1. The van der Waals surface area contributed by atoms with Gasteiger partial charge in [0.25, 0.3) is 0 Å². The van der Waals surface area contributed by atoms with Crippen LogP contribution in [0.5, 0.6) is 0 Å². The van der Waals surface area contributed by atoms with Crippen molar-refractivity contribution < 1.29 is 0 Å². The highest BCUT2D eigenvalue weighted by molar-refractivity contribution is 6.30. The molecule has 0 bridgehead atoms. The molecule has 114 valence electrons. The Morgan fingerprint density at radius 3 is 2.18 bits per heavy atom. The number of hydrogen-bond acceptors (Lipinski definition) is 3. The summed E-state index contributed by atoms with van der Waals surface area (Å²) in [5, 5.41) is 7.50. The largest absolute Gasteiger partial charge is 0.368 e. The van der Waals surface area contributed by atoms with Gasteiger partial charge in [-0.2, -0.15) is 5.10 Å². The summed E-state index contributed by atoms with van der Waals surface area (Å²) >= 11 is 5.94. The predicted molar refractivity (Wildman–Crippen MR) is 94.0 cm³/mol. The molecule has 0 amide bonds. The van der Waals surface area contributed by atoms with E-state index in [1.807, 2.05) is 18.3 Å². The Kier molecular flexibility index (Phi) is 4.64. The zero-order valence-electron chi connectivity index (χ0n) is 12.7. The van der Waals surface area contributed by atoms with Gasteiger partial charge in [-0.15, -0.1) is 0 Å². The highest BCUT2D eigenvalue weighted by Gasteiger charge is 2.15. The fourth-order valence-electron chi connectivity index (χ4n) is 2.52. The van der Waals surface area contributed by atoms with Gasteiger partial charge in [0, 0.05) is 23.8 Å². The molecule has 0 spiro atoms. The van der Waals surface area contributed by atoms with Gasteiger partial charge in [0.05, 0.1) is 19.3 Å². The van der Waals surface area contributed by atoms with Crippen molar-refractivity contribution in [3.63, 3.8) is 0 Å². The highest BCUT2D eigenvalue weighted by atomic mass is 35.5. The molecule has 1 fully saturated rings. The van der Waals surface area contributed by atoms with Crippen LogP contribution in [0.2, 0.25) is 5.02 Å². The van der Waals surface area contributed by atoms with Gasteiger partial charge in [0.15, 0.2) is 0 Å². The topological polar surface area (TPSA) is 18.8 Å². The quantitative estimate of drug-likeness (QED) is 0.803. The molecule has 1 aliphatic heterocycles. The van der Waals surface area contributed by atoms with E-state index in [9.17, 15) is 0 Å². The predicted octanol–water partition coefficient (Wildman–Crippen LogP) is 3.80. The van der Waals surface area contributed by atoms with E-state index in [1.165, 1.54) is 11.3 Å². The number of nitrogens with zero attached hydrogens (tertiary/aromatic N) is 3. The van der Waals surface area contributed by atoms with Gasteiger partial charge in [-0.05, 0) is 36.8 Å². The van der Waals surface area contributed by atoms with E-state index in [1.54, 1.807) is 0 Å². The van der Waals surface area contributed by atoms with Gasteiger partial charge in [0.2, 0.25) is 0 Å². The first kappa shape index (κ1) is 14.9. The second-order valence-corrected chi connectivity index (χ2v) is 6.01. The van der Waals surface area contributed by atoms with E-state index in [0.717, 1.165) is 36.8 Å². The molecule has 1 saturated heterocycles. The molecule has 0 saturated carbocycles. The third-order valence-corrected chi connectivity index (χ3v) is 4.15. The van der Waals surface area contributed by atoms with Crippen LogP contribution in [-0.4, -0.2) is 37.4 Å². The average molecular weight is 314 g/mol. The Morgan fingerprint density at radius 1 is 0.909 bits per heavy atom. The molecule has 4 heteroatoms. The summed E-state index contributed by atoms with van der Waals surface area (Å²) in [5.41, 5.74) is 3.64. The molecule has 0 aromatic heterocycles. The van der Waals surface area contributed by atoms with Crippen LogP contribution in [0, 0.1) is 6.92 Å². The van der Waals surface area contributed by atoms with Crippen molar-refractivity contribution in [2.45, 2.75) is 6.92 Å². The van der Waals surface area contributed by atoms with Gasteiger partial charge in [-0.3, -0.25) is 5.01 Å². The van der Waals surface area contributed by atoms with Crippen molar-refractivity contribution in [3.8, 4) is 0 Å². The smallest absolute Gasteiger partial charge is 0.0542 e. The zero-order chi connectivity index (χ0) is 15.4. The molecule has 3 nitrogen and oxygen atoms in total. The monoisotopic (exact) mass is 313 g/mol. The lowest BCUT2D eigenvalue weighted by Crippen LogP contribution is -2.44. The number of anilines is 1. The van der Waals surface area contributed by atoms with E-state index >= 15 is 0 Å². The molecular formula is C18H20ClN3. The third kappa shape index (κ3) is 3.80. The van der Waals surface area contributed by atoms with Crippen molar-refractivity contribution in [3.05, 3.63) is 64.7 Å². The summed E-state index contributed by atoms with van der Waals surface area (Å²) in [6.45, 7) is 5.92. The maximum Gasteiger partial charge on any atom is 0.0542 e. The van der Waals surface area contributed by atoms with E-state index in [4.69, 9.17) is 11.6 Å². The number of hydrazone groups is 1. The number of hydrogen-bond donors (Lipinski definition) is 0. The van der Waals surface area contributed by atoms with E-state index in [0.29, 0.717) is 0 Å². The van der Waals surface area contributed by atoms with Crippen LogP contribution >= 0.6 is 11.6 Å². The van der Waals surface area contributed by atoms with Crippen LogP contribution in [0.4, 0.5) is 5.69 Å². The molecule has 0 N–H and O–H groups in total. The molecule has 22 heavy (non-hydrogen) atoms. The summed E-state index contributed by atoms with van der Waals surface area (Å²) < 4.78 is 0. The van der Waals surface area contributed by atoms with Gasteiger partial charge in [-0.25, -0.2) is 0 Å². The van der Waals surface area contributed by atoms with Crippen LogP contribution in [-0.2, 0) is 0 Å². The molecule has 1 heterocycles. The minimum atomic E-state index is 0.782. The average Bonchev–Trinajstić information content (AvgIpc) is 2.56. The summed E-state index contributed by atoms with van der Waals surface area (Å²) in [6.07, 6.45) is 1.94. The maximum absolute atomic E-state index is 5.94. The molecule has 1 aliphatic rings. The number of aryl methyl sites for hydroxylation is 1. The van der Waals surface area contributed by atoms with Crippen molar-refractivity contribution in [2.24, 2.45) is 5.10 Å². The maximum atomic E-state index is 5.94. The number of piperazine rings is 1. The molecule has 2 aromatic carbocycles. The fourth-order valence-corrected chi connectivity index (χ4v) is 2.65. The second kappa shape index (κ2) is 6.84.